The Morgan fingerprint density at radius 2 is 2.25 bits per heavy atom. The molecule has 1 amide bonds. The van der Waals surface area contributed by atoms with E-state index in [1.807, 2.05) is 0 Å². The standard InChI is InChI=1S/C13H16BrClN2O3/c1-17(8-13(19)2-4-20-5-3-13)12(18)10-6-9(14)7-16-11(10)15/h6-7,19H,2-5,8H2,1H3. The molecule has 1 aromatic heterocycles. The van der Waals surface area contributed by atoms with Gasteiger partial charge in [0.25, 0.3) is 5.91 Å². The molecule has 0 atom stereocenters. The summed E-state index contributed by atoms with van der Waals surface area (Å²) in [5, 5.41) is 10.6. The fourth-order valence-electron chi connectivity index (χ4n) is 2.20. The second-order valence-electron chi connectivity index (χ2n) is 4.99. The van der Waals surface area contributed by atoms with Crippen molar-refractivity contribution in [2.45, 2.75) is 18.4 Å². The number of hydrogen-bond acceptors (Lipinski definition) is 4. The van der Waals surface area contributed by atoms with Crippen molar-refractivity contribution in [1.82, 2.24) is 9.88 Å². The molecule has 0 unspecified atom stereocenters. The Bertz CT molecular complexity index is 506. The summed E-state index contributed by atoms with van der Waals surface area (Å²) in [5.74, 6) is -0.260. The minimum atomic E-state index is -0.894. The molecule has 1 aliphatic rings. The minimum absolute atomic E-state index is 0.156. The summed E-state index contributed by atoms with van der Waals surface area (Å²) >= 11 is 9.22. The lowest BCUT2D eigenvalue weighted by atomic mass is 9.94. The molecular formula is C13H16BrClN2O3. The molecule has 1 fully saturated rings. The molecule has 20 heavy (non-hydrogen) atoms. The van der Waals surface area contributed by atoms with Crippen LogP contribution in [0.1, 0.15) is 23.2 Å². The highest BCUT2D eigenvalue weighted by atomic mass is 79.9. The number of ether oxygens (including phenoxy) is 1. The van der Waals surface area contributed by atoms with E-state index >= 15 is 0 Å². The number of halogens is 2. The van der Waals surface area contributed by atoms with Crippen molar-refractivity contribution in [1.29, 1.82) is 0 Å². The first-order valence-corrected chi connectivity index (χ1v) is 7.45. The first-order chi connectivity index (χ1) is 9.41. The summed E-state index contributed by atoms with van der Waals surface area (Å²) in [6, 6.07) is 1.63. The highest BCUT2D eigenvalue weighted by molar-refractivity contribution is 9.10. The maximum absolute atomic E-state index is 12.4. The Balaban J connectivity index is 2.10. The fourth-order valence-corrected chi connectivity index (χ4v) is 2.72. The van der Waals surface area contributed by atoms with Crippen LogP contribution in [-0.4, -0.2) is 53.3 Å². The van der Waals surface area contributed by atoms with E-state index in [4.69, 9.17) is 16.3 Å². The van der Waals surface area contributed by atoms with Gasteiger partial charge in [-0.1, -0.05) is 11.6 Å². The first kappa shape index (κ1) is 15.7. The van der Waals surface area contributed by atoms with Crippen LogP contribution in [0, 0.1) is 0 Å². The van der Waals surface area contributed by atoms with Crippen molar-refractivity contribution in [2.24, 2.45) is 0 Å². The summed E-state index contributed by atoms with van der Waals surface area (Å²) < 4.78 is 5.91. The van der Waals surface area contributed by atoms with Crippen LogP contribution < -0.4 is 0 Å². The van der Waals surface area contributed by atoms with Crippen LogP contribution >= 0.6 is 27.5 Å². The Kier molecular flexibility index (Phi) is 5.01. The number of amides is 1. The summed E-state index contributed by atoms with van der Waals surface area (Å²) in [7, 11) is 1.65. The first-order valence-electron chi connectivity index (χ1n) is 6.28. The van der Waals surface area contributed by atoms with Crippen molar-refractivity contribution in [2.75, 3.05) is 26.8 Å². The number of aliphatic hydroxyl groups is 1. The van der Waals surface area contributed by atoms with Crippen LogP contribution in [0.5, 0.6) is 0 Å². The van der Waals surface area contributed by atoms with Crippen molar-refractivity contribution < 1.29 is 14.6 Å². The molecule has 0 spiro atoms. The number of nitrogens with zero attached hydrogens (tertiary/aromatic N) is 2. The number of hydrogen-bond donors (Lipinski definition) is 1. The van der Waals surface area contributed by atoms with Gasteiger partial charge in [0.15, 0.2) is 0 Å². The van der Waals surface area contributed by atoms with Crippen molar-refractivity contribution in [3.05, 3.63) is 27.5 Å². The average molecular weight is 364 g/mol. The third kappa shape index (κ3) is 3.69. The van der Waals surface area contributed by atoms with Gasteiger partial charge in [-0.05, 0) is 22.0 Å². The lowest BCUT2D eigenvalue weighted by Crippen LogP contribution is -2.47. The summed E-state index contributed by atoms with van der Waals surface area (Å²) in [5.41, 5.74) is -0.576. The predicted molar refractivity (Wildman–Crippen MR) is 78.9 cm³/mol. The zero-order valence-corrected chi connectivity index (χ0v) is 13.4. The third-order valence-electron chi connectivity index (χ3n) is 3.34. The molecule has 2 heterocycles. The van der Waals surface area contributed by atoms with Gasteiger partial charge < -0.3 is 14.7 Å². The Labute approximate surface area is 131 Å². The van der Waals surface area contributed by atoms with E-state index in [1.54, 1.807) is 13.1 Å². The van der Waals surface area contributed by atoms with Gasteiger partial charge in [0.05, 0.1) is 11.2 Å². The molecule has 0 aromatic carbocycles. The van der Waals surface area contributed by atoms with Gasteiger partial charge in [0.1, 0.15) is 5.15 Å². The zero-order valence-electron chi connectivity index (χ0n) is 11.1. The number of rotatable bonds is 3. The lowest BCUT2D eigenvalue weighted by Gasteiger charge is -2.35. The fraction of sp³-hybridized carbons (Fsp3) is 0.538. The summed E-state index contributed by atoms with van der Waals surface area (Å²) in [6.45, 7) is 1.27. The molecule has 0 bridgehead atoms. The number of carbonyl (C=O) groups is 1. The lowest BCUT2D eigenvalue weighted by molar-refractivity contribution is -0.0734. The van der Waals surface area contributed by atoms with Crippen molar-refractivity contribution >= 4 is 33.4 Å². The van der Waals surface area contributed by atoms with E-state index in [9.17, 15) is 9.90 Å². The van der Waals surface area contributed by atoms with Crippen LogP contribution in [0.3, 0.4) is 0 Å². The Morgan fingerprint density at radius 3 is 2.90 bits per heavy atom. The predicted octanol–water partition coefficient (Wildman–Crippen LogP) is 2.11. The largest absolute Gasteiger partial charge is 0.388 e. The number of pyridine rings is 1. The average Bonchev–Trinajstić information content (AvgIpc) is 2.41. The van der Waals surface area contributed by atoms with Gasteiger partial charge in [0.2, 0.25) is 0 Å². The molecular weight excluding hydrogens is 348 g/mol. The molecule has 5 nitrogen and oxygen atoms in total. The van der Waals surface area contributed by atoms with E-state index in [2.05, 4.69) is 20.9 Å². The Morgan fingerprint density at radius 1 is 1.60 bits per heavy atom. The highest BCUT2D eigenvalue weighted by Gasteiger charge is 2.33. The summed E-state index contributed by atoms with van der Waals surface area (Å²) in [4.78, 5) is 17.8. The second-order valence-corrected chi connectivity index (χ2v) is 6.26. The zero-order chi connectivity index (χ0) is 14.8. The molecule has 1 aromatic rings. The monoisotopic (exact) mass is 362 g/mol. The van der Waals surface area contributed by atoms with Crippen LogP contribution in [0.15, 0.2) is 16.7 Å². The van der Waals surface area contributed by atoms with Crippen molar-refractivity contribution in [3.8, 4) is 0 Å². The number of aromatic nitrogens is 1. The van der Waals surface area contributed by atoms with Gasteiger partial charge >= 0.3 is 0 Å². The maximum atomic E-state index is 12.4. The molecule has 110 valence electrons. The normalized spacial score (nSPS) is 17.8. The van der Waals surface area contributed by atoms with Gasteiger partial charge in [0, 0.05) is 50.3 Å². The van der Waals surface area contributed by atoms with E-state index in [-0.39, 0.29) is 17.6 Å². The van der Waals surface area contributed by atoms with Gasteiger partial charge in [-0.25, -0.2) is 4.98 Å². The highest BCUT2D eigenvalue weighted by Crippen LogP contribution is 2.24. The van der Waals surface area contributed by atoms with E-state index in [0.717, 1.165) is 0 Å². The van der Waals surface area contributed by atoms with E-state index in [1.165, 1.54) is 11.1 Å². The van der Waals surface area contributed by atoms with Gasteiger partial charge in [-0.2, -0.15) is 0 Å². The molecule has 0 aliphatic carbocycles. The van der Waals surface area contributed by atoms with E-state index < -0.39 is 5.60 Å². The summed E-state index contributed by atoms with van der Waals surface area (Å²) in [6.07, 6.45) is 2.58. The second kappa shape index (κ2) is 6.39. The van der Waals surface area contributed by atoms with Gasteiger partial charge in [-0.3, -0.25) is 4.79 Å². The molecule has 2 rings (SSSR count). The minimum Gasteiger partial charge on any atom is -0.388 e. The SMILES string of the molecule is CN(CC1(O)CCOCC1)C(=O)c1cc(Br)cnc1Cl. The smallest absolute Gasteiger partial charge is 0.256 e. The van der Waals surface area contributed by atoms with Crippen LogP contribution in [0.25, 0.3) is 0 Å². The Hall–Kier alpha value is -0.690. The van der Waals surface area contributed by atoms with Crippen molar-refractivity contribution in [3.63, 3.8) is 0 Å². The molecule has 0 radical (unpaired) electrons. The van der Waals surface area contributed by atoms with E-state index in [0.29, 0.717) is 36.1 Å². The van der Waals surface area contributed by atoms with Gasteiger partial charge in [-0.15, -0.1) is 0 Å². The quantitative estimate of drug-likeness (QED) is 0.836. The molecule has 1 N–H and O–H groups in total. The van der Waals surface area contributed by atoms with Crippen LogP contribution in [-0.2, 0) is 4.74 Å². The molecule has 1 saturated heterocycles. The van der Waals surface area contributed by atoms with Crippen LogP contribution in [0.4, 0.5) is 0 Å². The molecule has 1 aliphatic heterocycles. The maximum Gasteiger partial charge on any atom is 0.256 e. The number of carbonyl (C=O) groups excluding carboxylic acids is 1. The third-order valence-corrected chi connectivity index (χ3v) is 4.07. The molecule has 0 saturated carbocycles. The van der Waals surface area contributed by atoms with Crippen LogP contribution in [0.2, 0.25) is 5.15 Å². The topological polar surface area (TPSA) is 62.7 Å². The number of likely N-dealkylation sites (N-methyl/N-ethyl adjacent to an activating group) is 1. The molecule has 7 heteroatoms.